The number of carbonyl (C=O) groups is 1. The molecule has 1 amide bonds. The second-order valence-corrected chi connectivity index (χ2v) is 8.54. The molecule has 1 aliphatic heterocycles. The molecule has 8 heteroatoms. The molecule has 1 saturated carbocycles. The number of pyridine rings is 1. The number of halogens is 4. The van der Waals surface area contributed by atoms with Crippen LogP contribution in [-0.4, -0.2) is 30.0 Å². The zero-order valence-electron chi connectivity index (χ0n) is 16.4. The molecule has 1 saturated heterocycles. The molecule has 2 fully saturated rings. The molecular formula is C22H23ClF3N3O. The quantitative estimate of drug-likeness (QED) is 0.735. The number of hydrogen-bond acceptors (Lipinski definition) is 3. The van der Waals surface area contributed by atoms with Gasteiger partial charge in [-0.3, -0.25) is 4.79 Å². The van der Waals surface area contributed by atoms with Crippen molar-refractivity contribution in [2.45, 2.75) is 49.7 Å². The van der Waals surface area contributed by atoms with Crippen molar-refractivity contribution in [2.24, 2.45) is 0 Å². The van der Waals surface area contributed by atoms with Gasteiger partial charge in [-0.2, -0.15) is 13.2 Å². The van der Waals surface area contributed by atoms with E-state index in [0.29, 0.717) is 23.9 Å². The van der Waals surface area contributed by atoms with Crippen LogP contribution in [0.2, 0.25) is 5.02 Å². The summed E-state index contributed by atoms with van der Waals surface area (Å²) in [6, 6.07) is 9.86. The normalized spacial score (nSPS) is 21.1. The highest BCUT2D eigenvalue weighted by Gasteiger charge is 2.43. The molecule has 160 valence electrons. The average Bonchev–Trinajstić information content (AvgIpc) is 3.38. The maximum Gasteiger partial charge on any atom is 0.417 e. The van der Waals surface area contributed by atoms with Crippen molar-refractivity contribution < 1.29 is 18.0 Å². The molecular weight excluding hydrogens is 415 g/mol. The van der Waals surface area contributed by atoms with Crippen molar-refractivity contribution in [3.63, 3.8) is 0 Å². The van der Waals surface area contributed by atoms with E-state index >= 15 is 0 Å². The van der Waals surface area contributed by atoms with Crippen molar-refractivity contribution in [3.05, 3.63) is 58.7 Å². The summed E-state index contributed by atoms with van der Waals surface area (Å²) in [5.41, 5.74) is -0.312. The Morgan fingerprint density at radius 1 is 1.13 bits per heavy atom. The number of nitrogens with one attached hydrogen (secondary N) is 1. The minimum absolute atomic E-state index is 0.0227. The van der Waals surface area contributed by atoms with E-state index in [2.05, 4.69) is 10.3 Å². The van der Waals surface area contributed by atoms with Gasteiger partial charge in [0.1, 0.15) is 5.82 Å². The fourth-order valence-corrected chi connectivity index (χ4v) is 4.67. The van der Waals surface area contributed by atoms with Gasteiger partial charge in [-0.15, -0.1) is 0 Å². The second-order valence-electron chi connectivity index (χ2n) is 8.10. The topological polar surface area (TPSA) is 45.2 Å². The Hall–Kier alpha value is -2.28. The maximum absolute atomic E-state index is 13.3. The summed E-state index contributed by atoms with van der Waals surface area (Å²) >= 11 is 6.02. The van der Waals surface area contributed by atoms with Crippen LogP contribution in [0.5, 0.6) is 0 Å². The van der Waals surface area contributed by atoms with Gasteiger partial charge in [0.15, 0.2) is 0 Å². The third kappa shape index (κ3) is 4.13. The zero-order chi connectivity index (χ0) is 21.4. The Kier molecular flexibility index (Phi) is 5.66. The minimum atomic E-state index is -4.40. The lowest BCUT2D eigenvalue weighted by molar-refractivity contribution is -0.137. The molecule has 2 aromatic rings. The molecule has 0 bridgehead atoms. The van der Waals surface area contributed by atoms with Gasteiger partial charge in [-0.25, -0.2) is 4.98 Å². The lowest BCUT2D eigenvalue weighted by atomic mass is 9.78. The molecule has 2 aliphatic rings. The van der Waals surface area contributed by atoms with Crippen LogP contribution < -0.4 is 10.2 Å². The first-order valence-electron chi connectivity index (χ1n) is 10.1. The minimum Gasteiger partial charge on any atom is -0.354 e. The SMILES string of the molecule is O=C(NC1CCN(c2ccc(C(F)(F)F)cn2)C1)C1(c2ccc(Cl)cc2)CCCC1. The first kappa shape index (κ1) is 21.0. The number of alkyl halides is 3. The van der Waals surface area contributed by atoms with Gasteiger partial charge < -0.3 is 10.2 Å². The lowest BCUT2D eigenvalue weighted by Gasteiger charge is -2.30. The predicted molar refractivity (Wildman–Crippen MR) is 110 cm³/mol. The molecule has 1 atom stereocenters. The van der Waals surface area contributed by atoms with Gasteiger partial charge in [-0.1, -0.05) is 36.6 Å². The van der Waals surface area contributed by atoms with E-state index < -0.39 is 17.2 Å². The summed E-state index contributed by atoms with van der Waals surface area (Å²) in [5.74, 6) is 0.516. The summed E-state index contributed by atoms with van der Waals surface area (Å²) in [4.78, 5) is 19.2. The highest BCUT2D eigenvalue weighted by atomic mass is 35.5. The monoisotopic (exact) mass is 437 g/mol. The first-order valence-corrected chi connectivity index (χ1v) is 10.5. The Balaban J connectivity index is 1.43. The van der Waals surface area contributed by atoms with Crippen LogP contribution >= 0.6 is 11.6 Å². The number of nitrogens with zero attached hydrogens (tertiary/aromatic N) is 2. The molecule has 1 aromatic carbocycles. The van der Waals surface area contributed by atoms with Gasteiger partial charge in [0.05, 0.1) is 11.0 Å². The lowest BCUT2D eigenvalue weighted by Crippen LogP contribution is -2.47. The van der Waals surface area contributed by atoms with Crippen molar-refractivity contribution in [3.8, 4) is 0 Å². The molecule has 4 rings (SSSR count). The third-order valence-electron chi connectivity index (χ3n) is 6.21. The van der Waals surface area contributed by atoms with Crippen LogP contribution in [-0.2, 0) is 16.4 Å². The summed E-state index contributed by atoms with van der Waals surface area (Å²) in [7, 11) is 0. The molecule has 4 nitrogen and oxygen atoms in total. The molecule has 1 aliphatic carbocycles. The number of amides is 1. The van der Waals surface area contributed by atoms with Crippen molar-refractivity contribution >= 4 is 23.3 Å². The van der Waals surface area contributed by atoms with Crippen molar-refractivity contribution in [2.75, 3.05) is 18.0 Å². The van der Waals surface area contributed by atoms with E-state index in [0.717, 1.165) is 49.9 Å². The Bertz CT molecular complexity index is 893. The average molecular weight is 438 g/mol. The van der Waals surface area contributed by atoms with Gasteiger partial charge in [0.25, 0.3) is 0 Å². The highest BCUT2D eigenvalue weighted by Crippen LogP contribution is 2.42. The number of aromatic nitrogens is 1. The van der Waals surface area contributed by atoms with Crippen molar-refractivity contribution in [1.29, 1.82) is 0 Å². The van der Waals surface area contributed by atoms with Gasteiger partial charge >= 0.3 is 6.18 Å². The van der Waals surface area contributed by atoms with Crippen LogP contribution in [0.1, 0.15) is 43.2 Å². The van der Waals surface area contributed by atoms with Gasteiger partial charge in [-0.05, 0) is 49.1 Å². The van der Waals surface area contributed by atoms with Crippen LogP contribution in [0, 0.1) is 0 Å². The van der Waals surface area contributed by atoms with E-state index in [1.807, 2.05) is 29.2 Å². The molecule has 0 radical (unpaired) electrons. The largest absolute Gasteiger partial charge is 0.417 e. The number of benzene rings is 1. The zero-order valence-corrected chi connectivity index (χ0v) is 17.1. The Morgan fingerprint density at radius 3 is 2.43 bits per heavy atom. The Morgan fingerprint density at radius 2 is 1.83 bits per heavy atom. The Labute approximate surface area is 178 Å². The van der Waals surface area contributed by atoms with E-state index in [-0.39, 0.29) is 11.9 Å². The van der Waals surface area contributed by atoms with Crippen LogP contribution in [0.4, 0.5) is 19.0 Å². The standard InChI is InChI=1S/C22H23ClF3N3O/c23-17-6-3-15(4-7-17)21(10-1-2-11-21)20(30)28-18-9-12-29(14-18)19-8-5-16(13-27-19)22(24,25)26/h3-8,13,18H,1-2,9-12,14H2,(H,28,30). The summed E-state index contributed by atoms with van der Waals surface area (Å²) in [6.45, 7) is 1.16. The fourth-order valence-electron chi connectivity index (χ4n) is 4.54. The molecule has 1 N–H and O–H groups in total. The molecule has 2 heterocycles. The van der Waals surface area contributed by atoms with E-state index in [1.54, 1.807) is 0 Å². The first-order chi connectivity index (χ1) is 14.3. The van der Waals surface area contributed by atoms with Crippen molar-refractivity contribution in [1.82, 2.24) is 10.3 Å². The fraction of sp³-hybridized carbons (Fsp3) is 0.455. The number of rotatable bonds is 4. The molecule has 1 unspecified atom stereocenters. The van der Waals surface area contributed by atoms with Crippen LogP contribution in [0.3, 0.4) is 0 Å². The van der Waals surface area contributed by atoms with E-state index in [4.69, 9.17) is 11.6 Å². The molecule has 30 heavy (non-hydrogen) atoms. The van der Waals surface area contributed by atoms with E-state index in [9.17, 15) is 18.0 Å². The molecule has 1 aromatic heterocycles. The number of carbonyl (C=O) groups excluding carboxylic acids is 1. The van der Waals surface area contributed by atoms with Gasteiger partial charge in [0.2, 0.25) is 5.91 Å². The van der Waals surface area contributed by atoms with Crippen LogP contribution in [0.25, 0.3) is 0 Å². The predicted octanol–water partition coefficient (Wildman–Crippen LogP) is 4.96. The number of anilines is 1. The molecule has 0 spiro atoms. The summed E-state index contributed by atoms with van der Waals surface area (Å²) < 4.78 is 38.2. The van der Waals surface area contributed by atoms with E-state index in [1.165, 1.54) is 6.07 Å². The van der Waals surface area contributed by atoms with Gasteiger partial charge in [0, 0.05) is 30.4 Å². The van der Waals surface area contributed by atoms with Crippen LogP contribution in [0.15, 0.2) is 42.6 Å². The highest BCUT2D eigenvalue weighted by molar-refractivity contribution is 6.30. The number of hydrogen-bond donors (Lipinski definition) is 1. The maximum atomic E-state index is 13.3. The second kappa shape index (κ2) is 8.10. The summed E-state index contributed by atoms with van der Waals surface area (Å²) in [6.07, 6.45) is 0.796. The summed E-state index contributed by atoms with van der Waals surface area (Å²) in [5, 5.41) is 3.83. The third-order valence-corrected chi connectivity index (χ3v) is 6.46. The smallest absolute Gasteiger partial charge is 0.354 e.